The average molecular weight is 320 g/mol. The van der Waals surface area contributed by atoms with Gasteiger partial charge in [0, 0.05) is 0 Å². The molecule has 2 N–H and O–H groups in total. The largest absolute Gasteiger partial charge is 0.506 e. The second-order valence-corrected chi connectivity index (χ2v) is 5.89. The Morgan fingerprint density at radius 3 is 2.30 bits per heavy atom. The summed E-state index contributed by atoms with van der Waals surface area (Å²) in [5.74, 6) is 0.203. The number of hydrogen-bond donors (Lipinski definition) is 2. The highest BCUT2D eigenvalue weighted by atomic mass is 35.5. The maximum Gasteiger partial charge on any atom is 0.139 e. The first kappa shape index (κ1) is 13.9. The van der Waals surface area contributed by atoms with Crippen molar-refractivity contribution in [3.05, 3.63) is 77.8 Å². The van der Waals surface area contributed by atoms with Gasteiger partial charge in [-0.05, 0) is 45.8 Å². The second-order valence-electron chi connectivity index (χ2n) is 5.48. The van der Waals surface area contributed by atoms with Crippen LogP contribution in [0.15, 0.2) is 72.8 Å². The zero-order valence-electron chi connectivity index (χ0n) is 12.3. The van der Waals surface area contributed by atoms with Crippen LogP contribution in [0.1, 0.15) is 0 Å². The Hall–Kier alpha value is -2.71. The smallest absolute Gasteiger partial charge is 0.139 e. The van der Waals surface area contributed by atoms with Gasteiger partial charge in [-0.3, -0.25) is 0 Å². The van der Waals surface area contributed by atoms with E-state index in [-0.39, 0.29) is 5.75 Å². The van der Waals surface area contributed by atoms with E-state index in [4.69, 9.17) is 11.6 Å². The Labute approximate surface area is 138 Å². The van der Waals surface area contributed by atoms with Crippen molar-refractivity contribution in [3.8, 4) is 5.75 Å². The Kier molecular flexibility index (Phi) is 3.32. The predicted molar refractivity (Wildman–Crippen MR) is 97.9 cm³/mol. The Morgan fingerprint density at radius 2 is 1.43 bits per heavy atom. The summed E-state index contributed by atoms with van der Waals surface area (Å²) >= 11 is 6.18. The molecule has 2 nitrogen and oxygen atoms in total. The minimum Gasteiger partial charge on any atom is -0.506 e. The van der Waals surface area contributed by atoms with Crippen molar-refractivity contribution >= 4 is 44.5 Å². The molecule has 0 saturated heterocycles. The van der Waals surface area contributed by atoms with Crippen LogP contribution in [-0.4, -0.2) is 5.11 Å². The van der Waals surface area contributed by atoms with E-state index in [0.29, 0.717) is 10.7 Å². The SMILES string of the molecule is Oc1cc2c(ccc3ccccc32)cc1Nc1ccccc1Cl. The minimum atomic E-state index is 0.203. The van der Waals surface area contributed by atoms with E-state index in [0.717, 1.165) is 27.2 Å². The summed E-state index contributed by atoms with van der Waals surface area (Å²) in [5, 5.41) is 18.6. The fourth-order valence-electron chi connectivity index (χ4n) is 2.85. The predicted octanol–water partition coefficient (Wildman–Crippen LogP) is 6.10. The molecular formula is C20H14ClNO. The Balaban J connectivity index is 1.88. The normalized spacial score (nSPS) is 11.0. The summed E-state index contributed by atoms with van der Waals surface area (Å²) in [6.07, 6.45) is 0. The van der Waals surface area contributed by atoms with Crippen molar-refractivity contribution in [3.63, 3.8) is 0 Å². The molecule has 0 spiro atoms. The van der Waals surface area contributed by atoms with Crippen LogP contribution < -0.4 is 5.32 Å². The molecule has 23 heavy (non-hydrogen) atoms. The molecule has 3 heteroatoms. The third-order valence-corrected chi connectivity index (χ3v) is 4.33. The quantitative estimate of drug-likeness (QED) is 0.346. The molecule has 0 amide bonds. The first-order valence-corrected chi connectivity index (χ1v) is 7.76. The van der Waals surface area contributed by atoms with Crippen molar-refractivity contribution in [2.45, 2.75) is 0 Å². The number of nitrogens with one attached hydrogen (secondary N) is 1. The molecule has 0 aliphatic heterocycles. The van der Waals surface area contributed by atoms with Gasteiger partial charge in [-0.2, -0.15) is 0 Å². The van der Waals surface area contributed by atoms with Gasteiger partial charge >= 0.3 is 0 Å². The molecule has 0 saturated carbocycles. The van der Waals surface area contributed by atoms with Crippen molar-refractivity contribution in [1.82, 2.24) is 0 Å². The van der Waals surface area contributed by atoms with E-state index in [1.165, 1.54) is 0 Å². The maximum atomic E-state index is 10.4. The molecule has 0 atom stereocenters. The second kappa shape index (κ2) is 5.49. The maximum absolute atomic E-state index is 10.4. The fourth-order valence-corrected chi connectivity index (χ4v) is 3.03. The number of fused-ring (bicyclic) bond motifs is 3. The van der Waals surface area contributed by atoms with Crippen LogP contribution in [0.4, 0.5) is 11.4 Å². The molecule has 112 valence electrons. The zero-order valence-corrected chi connectivity index (χ0v) is 13.0. The van der Waals surface area contributed by atoms with Gasteiger partial charge in [-0.15, -0.1) is 0 Å². The molecule has 4 aromatic rings. The van der Waals surface area contributed by atoms with Gasteiger partial charge in [0.25, 0.3) is 0 Å². The molecule has 0 heterocycles. The van der Waals surface area contributed by atoms with Gasteiger partial charge in [-0.1, -0.05) is 60.1 Å². The molecule has 4 aromatic carbocycles. The van der Waals surface area contributed by atoms with Gasteiger partial charge in [0.15, 0.2) is 0 Å². The molecule has 0 fully saturated rings. The highest BCUT2D eigenvalue weighted by molar-refractivity contribution is 6.33. The topological polar surface area (TPSA) is 32.3 Å². The summed E-state index contributed by atoms with van der Waals surface area (Å²) in [6, 6.07) is 23.5. The van der Waals surface area contributed by atoms with Gasteiger partial charge < -0.3 is 10.4 Å². The molecular weight excluding hydrogens is 306 g/mol. The first-order chi connectivity index (χ1) is 11.2. The highest BCUT2D eigenvalue weighted by Crippen LogP contribution is 2.36. The van der Waals surface area contributed by atoms with Gasteiger partial charge in [-0.25, -0.2) is 0 Å². The third-order valence-electron chi connectivity index (χ3n) is 4.00. The van der Waals surface area contributed by atoms with E-state index >= 15 is 0 Å². The first-order valence-electron chi connectivity index (χ1n) is 7.38. The summed E-state index contributed by atoms with van der Waals surface area (Å²) in [5.41, 5.74) is 1.41. The van der Waals surface area contributed by atoms with E-state index in [2.05, 4.69) is 29.6 Å². The standard InChI is InChI=1S/C20H14ClNO/c21-17-7-3-4-8-18(17)22-19-11-14-10-9-13-5-1-2-6-15(13)16(14)12-20(19)23/h1-12,22-23H. The molecule has 0 unspecified atom stereocenters. The van der Waals surface area contributed by atoms with Crippen molar-refractivity contribution in [1.29, 1.82) is 0 Å². The number of para-hydroxylation sites is 1. The van der Waals surface area contributed by atoms with Crippen LogP contribution in [0.3, 0.4) is 0 Å². The molecule has 0 aliphatic rings. The number of aromatic hydroxyl groups is 1. The lowest BCUT2D eigenvalue weighted by Gasteiger charge is -2.12. The Bertz CT molecular complexity index is 1030. The summed E-state index contributed by atoms with van der Waals surface area (Å²) < 4.78 is 0. The van der Waals surface area contributed by atoms with E-state index in [1.807, 2.05) is 42.5 Å². The lowest BCUT2D eigenvalue weighted by atomic mass is 10.0. The van der Waals surface area contributed by atoms with E-state index < -0.39 is 0 Å². The minimum absolute atomic E-state index is 0.203. The third kappa shape index (κ3) is 2.47. The molecule has 0 aromatic heterocycles. The van der Waals surface area contributed by atoms with E-state index in [1.54, 1.807) is 6.07 Å². The van der Waals surface area contributed by atoms with Crippen molar-refractivity contribution in [2.24, 2.45) is 0 Å². The van der Waals surface area contributed by atoms with Crippen LogP contribution in [0.25, 0.3) is 21.5 Å². The van der Waals surface area contributed by atoms with Crippen molar-refractivity contribution in [2.75, 3.05) is 5.32 Å². The van der Waals surface area contributed by atoms with Crippen LogP contribution in [0.5, 0.6) is 5.75 Å². The number of halogens is 1. The van der Waals surface area contributed by atoms with Gasteiger partial charge in [0.2, 0.25) is 0 Å². The van der Waals surface area contributed by atoms with E-state index in [9.17, 15) is 5.11 Å². The molecule has 0 radical (unpaired) electrons. The van der Waals surface area contributed by atoms with Crippen LogP contribution in [0.2, 0.25) is 5.02 Å². The monoisotopic (exact) mass is 319 g/mol. The van der Waals surface area contributed by atoms with Crippen molar-refractivity contribution < 1.29 is 5.11 Å². The lowest BCUT2D eigenvalue weighted by Crippen LogP contribution is -1.92. The fraction of sp³-hybridized carbons (Fsp3) is 0. The van der Waals surface area contributed by atoms with Crippen LogP contribution in [-0.2, 0) is 0 Å². The average Bonchev–Trinajstić information content (AvgIpc) is 2.57. The lowest BCUT2D eigenvalue weighted by molar-refractivity contribution is 0.478. The number of phenols is 1. The van der Waals surface area contributed by atoms with Crippen LogP contribution >= 0.6 is 11.6 Å². The molecule has 0 bridgehead atoms. The molecule has 4 rings (SSSR count). The summed E-state index contributed by atoms with van der Waals surface area (Å²) in [7, 11) is 0. The number of phenolic OH excluding ortho intramolecular Hbond substituents is 1. The Morgan fingerprint density at radius 1 is 0.696 bits per heavy atom. The van der Waals surface area contributed by atoms with Crippen LogP contribution in [0, 0.1) is 0 Å². The number of hydrogen-bond acceptors (Lipinski definition) is 2. The number of anilines is 2. The summed E-state index contributed by atoms with van der Waals surface area (Å²) in [4.78, 5) is 0. The number of benzene rings is 4. The summed E-state index contributed by atoms with van der Waals surface area (Å²) in [6.45, 7) is 0. The van der Waals surface area contributed by atoms with Gasteiger partial charge in [0.1, 0.15) is 5.75 Å². The molecule has 0 aliphatic carbocycles. The zero-order chi connectivity index (χ0) is 15.8. The van der Waals surface area contributed by atoms with Gasteiger partial charge in [0.05, 0.1) is 16.4 Å². The number of rotatable bonds is 2. The highest BCUT2D eigenvalue weighted by Gasteiger charge is 2.08.